The summed E-state index contributed by atoms with van der Waals surface area (Å²) in [4.78, 5) is 24.4. The van der Waals surface area contributed by atoms with Crippen molar-refractivity contribution in [2.75, 3.05) is 19.0 Å². The van der Waals surface area contributed by atoms with Crippen LogP contribution in [-0.4, -0.2) is 31.7 Å². The number of carbonyl (C=O) groups is 2. The molecule has 2 aromatic rings. The highest BCUT2D eigenvalue weighted by Gasteiger charge is 2.16. The summed E-state index contributed by atoms with van der Waals surface area (Å²) in [5.41, 5.74) is 2.09. The van der Waals surface area contributed by atoms with Crippen LogP contribution >= 0.6 is 0 Å². The van der Waals surface area contributed by atoms with Crippen LogP contribution in [0.3, 0.4) is 0 Å². The molecule has 6 nitrogen and oxygen atoms in total. The van der Waals surface area contributed by atoms with Crippen molar-refractivity contribution in [3.63, 3.8) is 0 Å². The number of methoxy groups -OCH3 is 1. The smallest absolute Gasteiger partial charge is 0.347 e. The molecule has 28 heavy (non-hydrogen) atoms. The van der Waals surface area contributed by atoms with E-state index in [1.807, 2.05) is 32.0 Å². The number of rotatable bonds is 9. The van der Waals surface area contributed by atoms with E-state index < -0.39 is 12.1 Å². The lowest BCUT2D eigenvalue weighted by Crippen LogP contribution is -2.26. The number of carbonyl (C=O) groups excluding carboxylic acids is 2. The van der Waals surface area contributed by atoms with Crippen molar-refractivity contribution < 1.29 is 23.8 Å². The summed E-state index contributed by atoms with van der Waals surface area (Å²) >= 11 is 0. The summed E-state index contributed by atoms with van der Waals surface area (Å²) in [6.07, 6.45) is 1.07. The maximum Gasteiger partial charge on any atom is 0.347 e. The van der Waals surface area contributed by atoms with Gasteiger partial charge < -0.3 is 19.5 Å². The fraction of sp³-hybridized carbons (Fsp3) is 0.364. The van der Waals surface area contributed by atoms with Gasteiger partial charge in [-0.05, 0) is 62.2 Å². The molecule has 1 amide bonds. The first kappa shape index (κ1) is 21.3. The molecular weight excluding hydrogens is 358 g/mol. The lowest BCUT2D eigenvalue weighted by atomic mass is 10.1. The van der Waals surface area contributed by atoms with Crippen molar-refractivity contribution in [3.8, 4) is 11.5 Å². The van der Waals surface area contributed by atoms with Crippen LogP contribution in [0.4, 0.5) is 5.69 Å². The molecule has 2 aromatic carbocycles. The lowest BCUT2D eigenvalue weighted by Gasteiger charge is -2.14. The van der Waals surface area contributed by atoms with Gasteiger partial charge >= 0.3 is 5.97 Å². The highest BCUT2D eigenvalue weighted by Crippen LogP contribution is 2.26. The van der Waals surface area contributed by atoms with Gasteiger partial charge in [0, 0.05) is 5.56 Å². The van der Waals surface area contributed by atoms with E-state index >= 15 is 0 Å². The lowest BCUT2D eigenvalue weighted by molar-refractivity contribution is -0.151. The van der Waals surface area contributed by atoms with E-state index in [9.17, 15) is 9.59 Å². The van der Waals surface area contributed by atoms with Gasteiger partial charge in [0.05, 0.1) is 19.4 Å². The van der Waals surface area contributed by atoms with Gasteiger partial charge in [0.15, 0.2) is 6.10 Å². The fourth-order valence-electron chi connectivity index (χ4n) is 2.49. The first-order valence-corrected chi connectivity index (χ1v) is 9.34. The minimum absolute atomic E-state index is 0.262. The summed E-state index contributed by atoms with van der Waals surface area (Å²) < 4.78 is 16.0. The molecule has 0 fully saturated rings. The summed E-state index contributed by atoms with van der Waals surface area (Å²) in [6, 6.07) is 12.2. The Bertz CT molecular complexity index is 801. The second kappa shape index (κ2) is 10.3. The van der Waals surface area contributed by atoms with Crippen LogP contribution in [0, 0.1) is 6.92 Å². The van der Waals surface area contributed by atoms with E-state index in [-0.39, 0.29) is 5.91 Å². The van der Waals surface area contributed by atoms with E-state index in [2.05, 4.69) is 5.32 Å². The molecule has 0 aliphatic carbocycles. The Morgan fingerprint density at radius 2 is 1.82 bits per heavy atom. The third-order valence-corrected chi connectivity index (χ3v) is 4.11. The van der Waals surface area contributed by atoms with Gasteiger partial charge in [0.2, 0.25) is 0 Å². The molecule has 0 spiro atoms. The van der Waals surface area contributed by atoms with Crippen molar-refractivity contribution >= 4 is 17.6 Å². The van der Waals surface area contributed by atoms with Crippen molar-refractivity contribution in [3.05, 3.63) is 53.6 Å². The van der Waals surface area contributed by atoms with Gasteiger partial charge in [-0.2, -0.15) is 0 Å². The molecule has 1 atom stereocenters. The van der Waals surface area contributed by atoms with E-state index in [0.29, 0.717) is 29.4 Å². The number of hydrogen-bond donors (Lipinski definition) is 1. The molecule has 2 rings (SSSR count). The van der Waals surface area contributed by atoms with Gasteiger partial charge in [-0.1, -0.05) is 19.4 Å². The minimum atomic E-state index is -0.715. The van der Waals surface area contributed by atoms with Gasteiger partial charge in [0.25, 0.3) is 5.91 Å². The number of anilines is 1. The van der Waals surface area contributed by atoms with Crippen LogP contribution in [0.15, 0.2) is 42.5 Å². The van der Waals surface area contributed by atoms with Crippen LogP contribution in [0.1, 0.15) is 42.6 Å². The topological polar surface area (TPSA) is 73.9 Å². The quantitative estimate of drug-likeness (QED) is 0.513. The molecule has 0 aliphatic heterocycles. The second-order valence-electron chi connectivity index (χ2n) is 6.46. The minimum Gasteiger partial charge on any atom is -0.495 e. The molecular formula is C22H27NO5. The standard InChI is InChI=1S/C22H27NO5/c1-5-6-13-27-22(25)16(3)28-18-10-8-17(9-11-18)21(24)23-19-14-15(2)7-12-20(19)26-4/h7-12,14,16H,5-6,13H2,1-4H3,(H,23,24)/t16-/m1/s1. The molecule has 0 heterocycles. The predicted molar refractivity (Wildman–Crippen MR) is 108 cm³/mol. The Labute approximate surface area is 165 Å². The summed E-state index contributed by atoms with van der Waals surface area (Å²) in [6.45, 7) is 6.00. The van der Waals surface area contributed by atoms with Crippen molar-refractivity contribution in [2.45, 2.75) is 39.7 Å². The largest absolute Gasteiger partial charge is 0.495 e. The maximum atomic E-state index is 12.5. The van der Waals surface area contributed by atoms with Gasteiger partial charge in [-0.3, -0.25) is 4.79 Å². The number of nitrogens with one attached hydrogen (secondary N) is 1. The van der Waals surface area contributed by atoms with E-state index in [4.69, 9.17) is 14.2 Å². The van der Waals surface area contributed by atoms with Crippen LogP contribution in [-0.2, 0) is 9.53 Å². The van der Waals surface area contributed by atoms with Gasteiger partial charge in [-0.15, -0.1) is 0 Å². The molecule has 0 saturated carbocycles. The van der Waals surface area contributed by atoms with Crippen LogP contribution < -0.4 is 14.8 Å². The van der Waals surface area contributed by atoms with Crippen LogP contribution in [0.2, 0.25) is 0 Å². The fourth-order valence-corrected chi connectivity index (χ4v) is 2.49. The molecule has 0 aliphatic rings. The van der Waals surface area contributed by atoms with Crippen molar-refractivity contribution in [1.82, 2.24) is 0 Å². The predicted octanol–water partition coefficient (Wildman–Crippen LogP) is 4.37. The molecule has 0 saturated heterocycles. The van der Waals surface area contributed by atoms with Gasteiger partial charge in [-0.25, -0.2) is 4.79 Å². The SMILES string of the molecule is CCCCOC(=O)[C@@H](C)Oc1ccc(C(=O)Nc2cc(C)ccc2OC)cc1. The number of esters is 1. The molecule has 0 bridgehead atoms. The first-order valence-electron chi connectivity index (χ1n) is 9.34. The number of hydrogen-bond acceptors (Lipinski definition) is 5. The monoisotopic (exact) mass is 385 g/mol. The number of benzene rings is 2. The highest BCUT2D eigenvalue weighted by molar-refractivity contribution is 6.05. The van der Waals surface area contributed by atoms with Crippen LogP contribution in [0.25, 0.3) is 0 Å². The maximum absolute atomic E-state index is 12.5. The van der Waals surface area contributed by atoms with Gasteiger partial charge in [0.1, 0.15) is 11.5 Å². The number of aryl methyl sites for hydroxylation is 1. The van der Waals surface area contributed by atoms with E-state index in [1.165, 1.54) is 0 Å². The van der Waals surface area contributed by atoms with Crippen molar-refractivity contribution in [1.29, 1.82) is 0 Å². The Balaban J connectivity index is 1.97. The van der Waals surface area contributed by atoms with E-state index in [0.717, 1.165) is 18.4 Å². The third-order valence-electron chi connectivity index (χ3n) is 4.11. The Hall–Kier alpha value is -3.02. The average Bonchev–Trinajstić information content (AvgIpc) is 2.68. The average molecular weight is 385 g/mol. The summed E-state index contributed by atoms with van der Waals surface area (Å²) in [5, 5.41) is 2.85. The molecule has 1 N–H and O–H groups in total. The highest BCUT2D eigenvalue weighted by atomic mass is 16.6. The van der Waals surface area contributed by atoms with E-state index in [1.54, 1.807) is 38.3 Å². The second-order valence-corrected chi connectivity index (χ2v) is 6.46. The van der Waals surface area contributed by atoms with Crippen LogP contribution in [0.5, 0.6) is 11.5 Å². The summed E-state index contributed by atoms with van der Waals surface area (Å²) in [5.74, 6) is 0.420. The molecule has 0 radical (unpaired) electrons. The molecule has 150 valence electrons. The Morgan fingerprint density at radius 1 is 1.11 bits per heavy atom. The zero-order chi connectivity index (χ0) is 20.5. The zero-order valence-corrected chi connectivity index (χ0v) is 16.8. The van der Waals surface area contributed by atoms with Crippen molar-refractivity contribution in [2.24, 2.45) is 0 Å². The molecule has 0 unspecified atom stereocenters. The number of unbranched alkanes of at least 4 members (excludes halogenated alkanes) is 1. The molecule has 0 aromatic heterocycles. The summed E-state index contributed by atoms with van der Waals surface area (Å²) in [7, 11) is 1.56. The number of amides is 1. The normalized spacial score (nSPS) is 11.4. The third kappa shape index (κ3) is 6.01. The first-order chi connectivity index (χ1) is 13.4. The Morgan fingerprint density at radius 3 is 2.46 bits per heavy atom. The zero-order valence-electron chi connectivity index (χ0n) is 16.8. The Kier molecular flexibility index (Phi) is 7.87. The molecule has 6 heteroatoms. The number of ether oxygens (including phenoxy) is 3.